The Morgan fingerprint density at radius 3 is 2.68 bits per heavy atom. The fraction of sp³-hybridized carbons (Fsp3) is 0.100. The minimum absolute atomic E-state index is 0.134. The Kier molecular flexibility index (Phi) is 4.07. The molecule has 0 unspecified atom stereocenters. The number of thiophene rings is 1. The van der Waals surface area contributed by atoms with Crippen molar-refractivity contribution >= 4 is 34.5 Å². The van der Waals surface area contributed by atoms with Crippen LogP contribution >= 0.6 is 11.3 Å². The van der Waals surface area contributed by atoms with Crippen LogP contribution in [0, 0.1) is 0 Å². The molecule has 0 saturated carbocycles. The maximum Gasteiger partial charge on any atom is 0.232 e. The summed E-state index contributed by atoms with van der Waals surface area (Å²) in [6.07, 6.45) is 0.157. The minimum Gasteiger partial charge on any atom is -0.326 e. The summed E-state index contributed by atoms with van der Waals surface area (Å²) in [5, 5.41) is 7.85. The number of fused-ring (bicyclic) bond motifs is 1. The van der Waals surface area contributed by atoms with E-state index in [1.807, 2.05) is 66.0 Å². The van der Waals surface area contributed by atoms with Gasteiger partial charge in [0.15, 0.2) is 0 Å². The molecule has 3 aromatic rings. The van der Waals surface area contributed by atoms with E-state index in [9.17, 15) is 9.59 Å². The summed E-state index contributed by atoms with van der Waals surface area (Å²) >= 11 is 1.63. The molecular weight excluding hydrogens is 332 g/mol. The average Bonchev–Trinajstić information content (AvgIpc) is 3.16. The van der Waals surface area contributed by atoms with E-state index in [-0.39, 0.29) is 18.2 Å². The zero-order valence-electron chi connectivity index (χ0n) is 13.4. The van der Waals surface area contributed by atoms with Gasteiger partial charge >= 0.3 is 0 Å². The summed E-state index contributed by atoms with van der Waals surface area (Å²) in [5.74, 6) is -0.780. The molecule has 124 valence electrons. The molecule has 0 aliphatic carbocycles. The third-order valence-corrected chi connectivity index (χ3v) is 5.19. The molecule has 0 radical (unpaired) electrons. The first-order valence-electron chi connectivity index (χ1n) is 8.05. The number of anilines is 2. The van der Waals surface area contributed by atoms with Crippen molar-refractivity contribution in [2.45, 2.75) is 12.3 Å². The summed E-state index contributed by atoms with van der Waals surface area (Å²) in [6.45, 7) is 0. The molecule has 2 N–H and O–H groups in total. The summed E-state index contributed by atoms with van der Waals surface area (Å²) in [4.78, 5) is 26.0. The molecule has 25 heavy (non-hydrogen) atoms. The number of rotatable bonds is 3. The van der Waals surface area contributed by atoms with Gasteiger partial charge in [0.2, 0.25) is 11.8 Å². The van der Waals surface area contributed by atoms with E-state index in [2.05, 4.69) is 10.6 Å². The predicted octanol–water partition coefficient (Wildman–Crippen LogP) is 4.48. The molecule has 1 aliphatic heterocycles. The van der Waals surface area contributed by atoms with Gasteiger partial charge in [-0.15, -0.1) is 11.3 Å². The number of nitrogens with one attached hydrogen (secondary N) is 2. The fourth-order valence-electron chi connectivity index (χ4n) is 3.10. The number of amides is 2. The predicted molar refractivity (Wildman–Crippen MR) is 101 cm³/mol. The lowest BCUT2D eigenvalue weighted by Gasteiger charge is -2.25. The average molecular weight is 348 g/mol. The van der Waals surface area contributed by atoms with E-state index in [1.54, 1.807) is 11.3 Å². The number of carbonyl (C=O) groups is 2. The lowest BCUT2D eigenvalue weighted by Crippen LogP contribution is -2.30. The fourth-order valence-corrected chi connectivity index (χ4v) is 3.87. The molecule has 1 atom stereocenters. The molecule has 0 fully saturated rings. The largest absolute Gasteiger partial charge is 0.326 e. The Bertz CT molecular complexity index is 934. The Hall–Kier alpha value is -2.92. The maximum absolute atomic E-state index is 12.9. The van der Waals surface area contributed by atoms with Gasteiger partial charge in [0, 0.05) is 28.2 Å². The third-order valence-electron chi connectivity index (χ3n) is 4.29. The molecule has 4 nitrogen and oxygen atoms in total. The highest BCUT2D eigenvalue weighted by atomic mass is 32.1. The van der Waals surface area contributed by atoms with Crippen LogP contribution in [-0.2, 0) is 9.59 Å². The topological polar surface area (TPSA) is 58.2 Å². The summed E-state index contributed by atoms with van der Waals surface area (Å²) in [7, 11) is 0. The molecule has 2 amide bonds. The molecular formula is C20H16N2O2S. The van der Waals surface area contributed by atoms with Gasteiger partial charge < -0.3 is 10.6 Å². The Morgan fingerprint density at radius 2 is 1.84 bits per heavy atom. The SMILES string of the molecule is O=C1C[C@H](C(=O)Nc2ccccc2-c2cccs2)c2ccccc2N1. The van der Waals surface area contributed by atoms with Crippen LogP contribution in [0.4, 0.5) is 11.4 Å². The van der Waals surface area contributed by atoms with Gasteiger partial charge in [-0.25, -0.2) is 0 Å². The number of benzene rings is 2. The Labute approximate surface area is 149 Å². The van der Waals surface area contributed by atoms with Gasteiger partial charge in [-0.3, -0.25) is 9.59 Å². The monoisotopic (exact) mass is 348 g/mol. The van der Waals surface area contributed by atoms with E-state index in [4.69, 9.17) is 0 Å². The van der Waals surface area contributed by atoms with Crippen molar-refractivity contribution in [2.24, 2.45) is 0 Å². The molecule has 0 spiro atoms. The van der Waals surface area contributed by atoms with Crippen molar-refractivity contribution in [3.05, 3.63) is 71.6 Å². The van der Waals surface area contributed by atoms with E-state index in [0.717, 1.165) is 21.7 Å². The summed E-state index contributed by atoms with van der Waals surface area (Å²) < 4.78 is 0. The van der Waals surface area contributed by atoms with Crippen molar-refractivity contribution in [1.82, 2.24) is 0 Å². The van der Waals surface area contributed by atoms with Crippen molar-refractivity contribution in [3.63, 3.8) is 0 Å². The summed E-state index contributed by atoms with van der Waals surface area (Å²) in [5.41, 5.74) is 3.32. The highest BCUT2D eigenvalue weighted by Gasteiger charge is 2.30. The molecule has 1 aromatic heterocycles. The van der Waals surface area contributed by atoms with Crippen molar-refractivity contribution in [2.75, 3.05) is 10.6 Å². The standard InChI is InChI=1S/C20H16N2O2S/c23-19-12-15(13-6-1-3-8-16(13)21-19)20(24)22-17-9-4-2-7-14(17)18-10-5-11-25-18/h1-11,15H,12H2,(H,21,23)(H,22,24)/t15-/m0/s1. The summed E-state index contributed by atoms with van der Waals surface area (Å²) in [6, 6.07) is 19.2. The molecule has 2 aromatic carbocycles. The van der Waals surface area contributed by atoms with E-state index in [0.29, 0.717) is 5.69 Å². The smallest absolute Gasteiger partial charge is 0.232 e. The van der Waals surface area contributed by atoms with Gasteiger partial charge in [0.1, 0.15) is 0 Å². The Morgan fingerprint density at radius 1 is 1.04 bits per heavy atom. The first kappa shape index (κ1) is 15.6. The zero-order chi connectivity index (χ0) is 17.2. The quantitative estimate of drug-likeness (QED) is 0.733. The molecule has 5 heteroatoms. The van der Waals surface area contributed by atoms with E-state index >= 15 is 0 Å². The second-order valence-electron chi connectivity index (χ2n) is 5.90. The van der Waals surface area contributed by atoms with Crippen LogP contribution in [0.5, 0.6) is 0 Å². The number of carbonyl (C=O) groups excluding carboxylic acids is 2. The van der Waals surface area contributed by atoms with Crippen LogP contribution in [0.25, 0.3) is 10.4 Å². The lowest BCUT2D eigenvalue weighted by molar-refractivity contribution is -0.123. The number of hydrogen-bond donors (Lipinski definition) is 2. The van der Waals surface area contributed by atoms with E-state index < -0.39 is 5.92 Å². The van der Waals surface area contributed by atoms with Crippen LogP contribution in [0.15, 0.2) is 66.0 Å². The van der Waals surface area contributed by atoms with Gasteiger partial charge in [0.05, 0.1) is 5.92 Å². The Balaban J connectivity index is 1.65. The van der Waals surface area contributed by atoms with Crippen LogP contribution < -0.4 is 10.6 Å². The van der Waals surface area contributed by atoms with Gasteiger partial charge in [-0.2, -0.15) is 0 Å². The van der Waals surface area contributed by atoms with Crippen molar-refractivity contribution < 1.29 is 9.59 Å². The second kappa shape index (κ2) is 6.53. The van der Waals surface area contributed by atoms with Crippen molar-refractivity contribution in [1.29, 1.82) is 0 Å². The van der Waals surface area contributed by atoms with Crippen LogP contribution in [-0.4, -0.2) is 11.8 Å². The highest BCUT2D eigenvalue weighted by molar-refractivity contribution is 7.13. The zero-order valence-corrected chi connectivity index (χ0v) is 14.2. The third kappa shape index (κ3) is 3.06. The molecule has 4 rings (SSSR count). The van der Waals surface area contributed by atoms with Gasteiger partial charge in [-0.1, -0.05) is 42.5 Å². The van der Waals surface area contributed by atoms with Crippen LogP contribution in [0.3, 0.4) is 0 Å². The highest BCUT2D eigenvalue weighted by Crippen LogP contribution is 2.35. The molecule has 0 saturated heterocycles. The maximum atomic E-state index is 12.9. The molecule has 1 aliphatic rings. The van der Waals surface area contributed by atoms with Crippen LogP contribution in [0.1, 0.15) is 17.9 Å². The normalized spacial score (nSPS) is 16.0. The first-order valence-corrected chi connectivity index (χ1v) is 8.93. The number of para-hydroxylation sites is 2. The molecule has 0 bridgehead atoms. The van der Waals surface area contributed by atoms with Crippen molar-refractivity contribution in [3.8, 4) is 10.4 Å². The first-order chi connectivity index (χ1) is 12.2. The lowest BCUT2D eigenvalue weighted by atomic mass is 9.89. The van der Waals surface area contributed by atoms with Crippen LogP contribution in [0.2, 0.25) is 0 Å². The van der Waals surface area contributed by atoms with Gasteiger partial charge in [0.25, 0.3) is 0 Å². The number of hydrogen-bond acceptors (Lipinski definition) is 3. The second-order valence-corrected chi connectivity index (χ2v) is 6.85. The minimum atomic E-state index is -0.485. The molecule has 2 heterocycles. The van der Waals surface area contributed by atoms with E-state index in [1.165, 1.54) is 0 Å². The van der Waals surface area contributed by atoms with Gasteiger partial charge in [-0.05, 0) is 29.1 Å².